The van der Waals surface area contributed by atoms with Crippen LogP contribution in [0.5, 0.6) is 0 Å². The molecular formula is C54H41N3S. The number of aromatic nitrogens is 3. The quantitative estimate of drug-likeness (QED) is 0.169. The Hall–Kier alpha value is -6.49. The second-order valence-corrected chi connectivity index (χ2v) is 17.3. The number of hydrogen-bond donors (Lipinski definition) is 0. The maximum Gasteiger partial charge on any atom is 0.164 e. The lowest BCUT2D eigenvalue weighted by Crippen LogP contribution is -2.28. The Morgan fingerprint density at radius 1 is 0.586 bits per heavy atom. The largest absolute Gasteiger partial charge is 0.208 e. The van der Waals surface area contributed by atoms with Gasteiger partial charge in [-0.05, 0) is 75.9 Å². The van der Waals surface area contributed by atoms with Crippen LogP contribution in [0.3, 0.4) is 0 Å². The van der Waals surface area contributed by atoms with Gasteiger partial charge in [0.1, 0.15) is 0 Å². The minimum Gasteiger partial charge on any atom is -0.208 e. The molecule has 0 amide bonds. The van der Waals surface area contributed by atoms with E-state index in [1.165, 1.54) is 59.1 Å². The Balaban J connectivity index is 1.11. The summed E-state index contributed by atoms with van der Waals surface area (Å²) in [5.74, 6) is 2.60. The molecule has 0 saturated heterocycles. The molecule has 2 atom stereocenters. The zero-order valence-electron chi connectivity index (χ0n) is 32.6. The SMILES string of the molecule is CC1C=CC(C2(C)C=C(c3nc(-c4ccc5c(c4)-c4ccccc4C5(c4ccccc4)c4ccccc4)nc(-c4ccc5c(c4)sc4ccccc45)n3)C=CC2)=CC1. The van der Waals surface area contributed by atoms with E-state index in [1.807, 2.05) is 11.3 Å². The highest BCUT2D eigenvalue weighted by atomic mass is 32.1. The zero-order chi connectivity index (χ0) is 38.8. The van der Waals surface area contributed by atoms with Gasteiger partial charge in [-0.1, -0.05) is 178 Å². The minimum absolute atomic E-state index is 0.154. The van der Waals surface area contributed by atoms with Gasteiger partial charge in [-0.15, -0.1) is 11.3 Å². The molecule has 0 aliphatic heterocycles. The average Bonchev–Trinajstić information content (AvgIpc) is 3.80. The first-order valence-corrected chi connectivity index (χ1v) is 21.1. The average molecular weight is 764 g/mol. The number of allylic oxidation sites excluding steroid dienone is 8. The molecule has 0 radical (unpaired) electrons. The molecule has 2 unspecified atom stereocenters. The number of nitrogens with zero attached hydrogens (tertiary/aromatic N) is 3. The van der Waals surface area contributed by atoms with Crippen LogP contribution in [0.25, 0.3) is 59.6 Å². The lowest BCUT2D eigenvalue weighted by Gasteiger charge is -2.33. The zero-order valence-corrected chi connectivity index (χ0v) is 33.4. The second-order valence-electron chi connectivity index (χ2n) is 16.3. The highest BCUT2D eigenvalue weighted by Crippen LogP contribution is 2.56. The van der Waals surface area contributed by atoms with E-state index in [4.69, 9.17) is 15.0 Å². The number of benzene rings is 6. The van der Waals surface area contributed by atoms with Gasteiger partial charge >= 0.3 is 0 Å². The smallest absolute Gasteiger partial charge is 0.164 e. The molecule has 0 N–H and O–H groups in total. The summed E-state index contributed by atoms with van der Waals surface area (Å²) in [5.41, 5.74) is 11.2. The van der Waals surface area contributed by atoms with Crippen LogP contribution in [-0.2, 0) is 5.41 Å². The summed E-state index contributed by atoms with van der Waals surface area (Å²) >= 11 is 1.82. The first-order chi connectivity index (χ1) is 28.5. The van der Waals surface area contributed by atoms with E-state index in [0.717, 1.165) is 29.5 Å². The van der Waals surface area contributed by atoms with Gasteiger partial charge in [-0.25, -0.2) is 15.0 Å². The molecule has 278 valence electrons. The molecule has 3 aliphatic rings. The predicted octanol–water partition coefficient (Wildman–Crippen LogP) is 13.8. The van der Waals surface area contributed by atoms with Crippen molar-refractivity contribution in [3.63, 3.8) is 0 Å². The van der Waals surface area contributed by atoms with Crippen LogP contribution in [0.4, 0.5) is 0 Å². The van der Waals surface area contributed by atoms with Gasteiger partial charge in [-0.3, -0.25) is 0 Å². The number of rotatable bonds is 6. The van der Waals surface area contributed by atoms with E-state index in [0.29, 0.717) is 23.4 Å². The van der Waals surface area contributed by atoms with Crippen LogP contribution in [0.15, 0.2) is 188 Å². The third kappa shape index (κ3) is 5.50. The summed E-state index contributed by atoms with van der Waals surface area (Å²) in [4.78, 5) is 15.9. The maximum atomic E-state index is 5.33. The molecule has 3 nitrogen and oxygen atoms in total. The number of hydrogen-bond acceptors (Lipinski definition) is 4. The van der Waals surface area contributed by atoms with E-state index >= 15 is 0 Å². The predicted molar refractivity (Wildman–Crippen MR) is 242 cm³/mol. The third-order valence-electron chi connectivity index (χ3n) is 12.5. The van der Waals surface area contributed by atoms with Crippen molar-refractivity contribution in [1.29, 1.82) is 0 Å². The van der Waals surface area contributed by atoms with Crippen molar-refractivity contribution in [2.75, 3.05) is 0 Å². The fourth-order valence-corrected chi connectivity index (χ4v) is 10.7. The Bertz CT molecular complexity index is 3000. The Morgan fingerprint density at radius 2 is 1.22 bits per heavy atom. The molecule has 2 aromatic heterocycles. The van der Waals surface area contributed by atoms with Gasteiger partial charge in [0.05, 0.1) is 5.41 Å². The van der Waals surface area contributed by atoms with E-state index in [9.17, 15) is 0 Å². The van der Waals surface area contributed by atoms with Gasteiger partial charge in [-0.2, -0.15) is 0 Å². The van der Waals surface area contributed by atoms with Crippen molar-refractivity contribution in [3.8, 4) is 33.9 Å². The van der Waals surface area contributed by atoms with Crippen LogP contribution >= 0.6 is 11.3 Å². The van der Waals surface area contributed by atoms with Gasteiger partial charge in [0.2, 0.25) is 0 Å². The number of fused-ring (bicyclic) bond motifs is 6. The molecular weight excluding hydrogens is 723 g/mol. The van der Waals surface area contributed by atoms with Crippen LogP contribution in [0.1, 0.15) is 54.8 Å². The van der Waals surface area contributed by atoms with Crippen molar-refractivity contribution in [2.24, 2.45) is 11.3 Å². The van der Waals surface area contributed by atoms with Crippen LogP contribution in [-0.4, -0.2) is 15.0 Å². The maximum absolute atomic E-state index is 5.33. The van der Waals surface area contributed by atoms with Crippen LogP contribution in [0.2, 0.25) is 0 Å². The molecule has 0 fully saturated rings. The fourth-order valence-electron chi connectivity index (χ4n) is 9.59. The molecule has 0 spiro atoms. The highest BCUT2D eigenvalue weighted by molar-refractivity contribution is 7.25. The summed E-state index contributed by atoms with van der Waals surface area (Å²) < 4.78 is 2.51. The number of thiophene rings is 1. The Labute approximate surface area is 343 Å². The van der Waals surface area contributed by atoms with Crippen molar-refractivity contribution in [3.05, 3.63) is 216 Å². The second kappa shape index (κ2) is 13.6. The summed E-state index contributed by atoms with van der Waals surface area (Å²) in [6, 6.07) is 52.9. The van der Waals surface area contributed by atoms with Crippen molar-refractivity contribution in [1.82, 2.24) is 15.0 Å². The fraction of sp³-hybridized carbons (Fsp3) is 0.130. The first-order valence-electron chi connectivity index (χ1n) is 20.3. The van der Waals surface area contributed by atoms with Gasteiger partial charge in [0.25, 0.3) is 0 Å². The van der Waals surface area contributed by atoms with Crippen molar-refractivity contribution < 1.29 is 0 Å². The lowest BCUT2D eigenvalue weighted by molar-refractivity contribution is 0.522. The van der Waals surface area contributed by atoms with Crippen LogP contribution < -0.4 is 0 Å². The van der Waals surface area contributed by atoms with Gasteiger partial charge in [0.15, 0.2) is 17.5 Å². The minimum atomic E-state index is -0.468. The standard InChI is InChI=1S/C54H41N3S/c1-35-23-27-39(28-24-35)53(2)31-13-14-38(34-53)52-56-50(55-51(57-52)37-25-29-44-43-20-10-12-22-48(43)58-49(44)33-37)36-26-30-47-45(32-36)42-19-9-11-21-46(42)54(47,40-15-5-3-6-16-40)41-17-7-4-8-18-41/h3-23,25-30,32-35H,24,31H2,1-2H3. The summed E-state index contributed by atoms with van der Waals surface area (Å²) in [7, 11) is 0. The molecule has 3 aliphatic carbocycles. The van der Waals surface area contributed by atoms with Gasteiger partial charge in [0, 0.05) is 42.3 Å². The van der Waals surface area contributed by atoms with Gasteiger partial charge < -0.3 is 0 Å². The van der Waals surface area contributed by atoms with E-state index in [2.05, 4.69) is 196 Å². The Kier molecular flexibility index (Phi) is 8.13. The molecule has 8 aromatic rings. The third-order valence-corrected chi connectivity index (χ3v) is 13.7. The Morgan fingerprint density at radius 3 is 1.98 bits per heavy atom. The highest BCUT2D eigenvalue weighted by Gasteiger charge is 2.46. The van der Waals surface area contributed by atoms with Crippen molar-refractivity contribution >= 4 is 37.1 Å². The van der Waals surface area contributed by atoms with Crippen LogP contribution in [0, 0.1) is 11.3 Å². The van der Waals surface area contributed by atoms with E-state index in [-0.39, 0.29) is 5.41 Å². The molecule has 11 rings (SSSR count). The monoisotopic (exact) mass is 763 g/mol. The molecule has 2 heterocycles. The molecule has 58 heavy (non-hydrogen) atoms. The normalized spacial score (nSPS) is 19.2. The van der Waals surface area contributed by atoms with E-state index < -0.39 is 5.41 Å². The molecule has 6 aromatic carbocycles. The topological polar surface area (TPSA) is 38.7 Å². The summed E-state index contributed by atoms with van der Waals surface area (Å²) in [6.07, 6.45) is 15.9. The first kappa shape index (κ1) is 34.7. The molecule has 4 heteroatoms. The molecule has 0 bridgehead atoms. The lowest BCUT2D eigenvalue weighted by atomic mass is 9.67. The van der Waals surface area contributed by atoms with Crippen molar-refractivity contribution in [2.45, 2.75) is 32.1 Å². The summed E-state index contributed by atoms with van der Waals surface area (Å²) in [6.45, 7) is 4.61. The molecule has 0 saturated carbocycles. The van der Waals surface area contributed by atoms with E-state index in [1.54, 1.807) is 0 Å². The summed E-state index contributed by atoms with van der Waals surface area (Å²) in [5, 5.41) is 2.54.